The highest BCUT2D eigenvalue weighted by molar-refractivity contribution is 8.39. The van der Waals surface area contributed by atoms with Gasteiger partial charge in [-0.1, -0.05) is 6.92 Å². The molecule has 2 rings (SSSR count). The number of hydrogen-bond donors (Lipinski definition) is 1. The predicted molar refractivity (Wildman–Crippen MR) is 131 cm³/mol. The molecule has 0 aromatic carbocycles. The van der Waals surface area contributed by atoms with Crippen LogP contribution < -0.4 is 5.32 Å². The molecule has 1 N–H and O–H groups in total. The van der Waals surface area contributed by atoms with Crippen molar-refractivity contribution in [2.45, 2.75) is 71.1 Å². The van der Waals surface area contributed by atoms with E-state index in [0.29, 0.717) is 19.3 Å². The minimum atomic E-state index is -1.29. The summed E-state index contributed by atoms with van der Waals surface area (Å²) in [7, 11) is 2.46. The van der Waals surface area contributed by atoms with Crippen LogP contribution in [-0.4, -0.2) is 81.1 Å². The van der Waals surface area contributed by atoms with E-state index >= 15 is 0 Å². The number of allylic oxidation sites excluding steroid dienone is 1. The molecule has 0 aromatic heterocycles. The molecule has 2 aliphatic heterocycles. The summed E-state index contributed by atoms with van der Waals surface area (Å²) in [5.41, 5.74) is 0.143. The first-order valence-electron chi connectivity index (χ1n) is 11.3. The maximum Gasteiger partial charge on any atom is 0.244 e. The van der Waals surface area contributed by atoms with Gasteiger partial charge < -0.3 is 19.5 Å². The molecule has 2 aliphatic rings. The molecule has 7 heteroatoms. The number of rotatable bonds is 10. The Hall–Kier alpha value is -0.860. The summed E-state index contributed by atoms with van der Waals surface area (Å²) in [6.45, 7) is 13.1. The largest absolute Gasteiger partial charge is 0.382 e. The number of carbonyl (C=O) groups excluding carboxylic acids is 1. The fourth-order valence-corrected chi connectivity index (χ4v) is 7.00. The van der Waals surface area contributed by atoms with Crippen molar-refractivity contribution in [1.29, 1.82) is 0 Å². The number of methoxy groups -OCH3 is 1. The van der Waals surface area contributed by atoms with Crippen LogP contribution in [0.4, 0.5) is 0 Å². The van der Waals surface area contributed by atoms with Gasteiger partial charge in [0.15, 0.2) is 0 Å². The van der Waals surface area contributed by atoms with Gasteiger partial charge in [-0.3, -0.25) is 9.69 Å². The van der Waals surface area contributed by atoms with E-state index in [2.05, 4.69) is 56.6 Å². The van der Waals surface area contributed by atoms with E-state index in [1.165, 1.54) is 10.5 Å². The second-order valence-corrected chi connectivity index (χ2v) is 13.4. The van der Waals surface area contributed by atoms with Crippen LogP contribution in [-0.2, 0) is 19.0 Å². The van der Waals surface area contributed by atoms with Crippen LogP contribution >= 0.6 is 10.0 Å². The zero-order valence-corrected chi connectivity index (χ0v) is 21.9. The summed E-state index contributed by atoms with van der Waals surface area (Å²) in [4.78, 5) is 17.1. The summed E-state index contributed by atoms with van der Waals surface area (Å²) in [6, 6.07) is 0.362. The van der Waals surface area contributed by atoms with Gasteiger partial charge in [-0.2, -0.15) is 10.0 Å². The average molecular weight is 457 g/mol. The average Bonchev–Trinajstić information content (AvgIpc) is 2.98. The quantitative estimate of drug-likeness (QED) is 0.503. The van der Waals surface area contributed by atoms with E-state index < -0.39 is 21.2 Å². The fraction of sp³-hybridized carbons (Fsp3) is 0.792. The first kappa shape index (κ1) is 26.4. The highest BCUT2D eigenvalue weighted by Crippen LogP contribution is 2.63. The van der Waals surface area contributed by atoms with Crippen molar-refractivity contribution in [2.24, 2.45) is 0 Å². The van der Waals surface area contributed by atoms with Crippen molar-refractivity contribution in [3.63, 3.8) is 0 Å². The number of likely N-dealkylation sites (N-methyl/N-ethyl adjacent to an activating group) is 1. The summed E-state index contributed by atoms with van der Waals surface area (Å²) >= 11 is 0. The fourth-order valence-electron chi connectivity index (χ4n) is 4.40. The van der Waals surface area contributed by atoms with Crippen LogP contribution in [0.1, 0.15) is 53.9 Å². The van der Waals surface area contributed by atoms with Crippen LogP contribution in [0.5, 0.6) is 0 Å². The summed E-state index contributed by atoms with van der Waals surface area (Å²) < 4.78 is 16.8. The number of hydrogen-bond acceptors (Lipinski definition) is 5. The lowest BCUT2D eigenvalue weighted by Gasteiger charge is -2.42. The van der Waals surface area contributed by atoms with Gasteiger partial charge in [0, 0.05) is 26.4 Å². The van der Waals surface area contributed by atoms with E-state index in [4.69, 9.17) is 14.2 Å². The van der Waals surface area contributed by atoms with Crippen molar-refractivity contribution < 1.29 is 19.0 Å². The van der Waals surface area contributed by atoms with E-state index in [-0.39, 0.29) is 5.91 Å². The van der Waals surface area contributed by atoms with E-state index in [1.54, 1.807) is 7.11 Å². The molecule has 6 nitrogen and oxygen atoms in total. The standard InChI is InChI=1S/C24H44N2O4S/c1-10-20-19(24(4,5)30-16-15-28-7)17-21(31(20,8)9)25-22(27)23(2,3)26(6)18-11-13-29-14-12-18/h17-18H,10-16H2,1-9H3,(H,25,27). The molecule has 2 heterocycles. The Balaban J connectivity index is 2.22. The van der Waals surface area contributed by atoms with Crippen LogP contribution in [0.25, 0.3) is 0 Å². The molecule has 0 unspecified atom stereocenters. The van der Waals surface area contributed by atoms with Gasteiger partial charge in [0.25, 0.3) is 0 Å². The minimum absolute atomic E-state index is 0.0446. The highest BCUT2D eigenvalue weighted by atomic mass is 32.3. The summed E-state index contributed by atoms with van der Waals surface area (Å²) in [6.07, 6.45) is 9.58. The Morgan fingerprint density at radius 2 is 1.84 bits per heavy atom. The third kappa shape index (κ3) is 5.74. The van der Waals surface area contributed by atoms with E-state index in [1.807, 2.05) is 13.8 Å². The lowest BCUT2D eigenvalue weighted by molar-refractivity contribution is -0.132. The zero-order valence-electron chi connectivity index (χ0n) is 21.1. The Morgan fingerprint density at radius 1 is 1.23 bits per heavy atom. The molecule has 1 fully saturated rings. The second-order valence-electron chi connectivity index (χ2n) is 9.84. The van der Waals surface area contributed by atoms with E-state index in [0.717, 1.165) is 37.5 Å². The Bertz CT molecular complexity index is 706. The number of ether oxygens (including phenoxy) is 3. The molecule has 1 amide bonds. The van der Waals surface area contributed by atoms with Crippen LogP contribution in [0.2, 0.25) is 0 Å². The molecule has 31 heavy (non-hydrogen) atoms. The van der Waals surface area contributed by atoms with Gasteiger partial charge >= 0.3 is 0 Å². The van der Waals surface area contributed by atoms with Crippen LogP contribution in [0.15, 0.2) is 21.6 Å². The number of nitrogens with one attached hydrogen (secondary N) is 1. The summed E-state index contributed by atoms with van der Waals surface area (Å²) in [5, 5.41) is 4.36. The smallest absolute Gasteiger partial charge is 0.244 e. The van der Waals surface area contributed by atoms with Crippen molar-refractivity contribution in [3.8, 4) is 0 Å². The molecular weight excluding hydrogens is 412 g/mol. The van der Waals surface area contributed by atoms with Crippen LogP contribution in [0.3, 0.4) is 0 Å². The molecule has 0 aliphatic carbocycles. The van der Waals surface area contributed by atoms with Gasteiger partial charge in [0.05, 0.1) is 29.4 Å². The molecule has 0 radical (unpaired) electrons. The van der Waals surface area contributed by atoms with Crippen molar-refractivity contribution in [2.75, 3.05) is 53.1 Å². The molecule has 0 saturated carbocycles. The third-order valence-electron chi connectivity index (χ3n) is 6.87. The molecule has 180 valence electrons. The van der Waals surface area contributed by atoms with Crippen LogP contribution in [0, 0.1) is 0 Å². The van der Waals surface area contributed by atoms with Crippen molar-refractivity contribution in [3.05, 3.63) is 21.6 Å². The Labute approximate surface area is 191 Å². The maximum atomic E-state index is 13.5. The number of amides is 1. The summed E-state index contributed by atoms with van der Waals surface area (Å²) in [5.74, 6) is 0.0446. The SMILES string of the molecule is CCC1=C(C(C)(C)OCCOC)C=C(NC(=O)C(C)(C)N(C)C2CCOCC2)S1(C)C. The third-order valence-corrected chi connectivity index (χ3v) is 9.93. The lowest BCUT2D eigenvalue weighted by atomic mass is 9.95. The topological polar surface area (TPSA) is 60.0 Å². The number of carbonyl (C=O) groups is 1. The molecular formula is C24H44N2O4S. The van der Waals surface area contributed by atoms with Gasteiger partial charge in [0.2, 0.25) is 5.91 Å². The molecule has 0 atom stereocenters. The van der Waals surface area contributed by atoms with Gasteiger partial charge in [0.1, 0.15) is 0 Å². The monoisotopic (exact) mass is 456 g/mol. The van der Waals surface area contributed by atoms with Crippen molar-refractivity contribution >= 4 is 15.9 Å². The van der Waals surface area contributed by atoms with Gasteiger partial charge in [-0.15, -0.1) is 0 Å². The molecule has 0 bridgehead atoms. The van der Waals surface area contributed by atoms with Crippen molar-refractivity contribution in [1.82, 2.24) is 10.2 Å². The maximum absolute atomic E-state index is 13.5. The Morgan fingerprint density at radius 3 is 2.39 bits per heavy atom. The minimum Gasteiger partial charge on any atom is -0.382 e. The number of nitrogens with zero attached hydrogens (tertiary/aromatic N) is 1. The molecule has 1 saturated heterocycles. The van der Waals surface area contributed by atoms with Gasteiger partial charge in [-0.25, -0.2) is 0 Å². The second kappa shape index (κ2) is 10.4. The predicted octanol–water partition coefficient (Wildman–Crippen LogP) is 4.02. The van der Waals surface area contributed by atoms with Gasteiger partial charge in [-0.05, 0) is 83.1 Å². The van der Waals surface area contributed by atoms with E-state index in [9.17, 15) is 4.79 Å². The normalized spacial score (nSPS) is 21.4. The first-order chi connectivity index (χ1) is 14.4. The first-order valence-corrected chi connectivity index (χ1v) is 13.8. The lowest BCUT2D eigenvalue weighted by Crippen LogP contribution is -2.57. The molecule has 0 aromatic rings. The zero-order chi connectivity index (χ0) is 23.4. The highest BCUT2D eigenvalue weighted by Gasteiger charge is 2.41. The molecule has 0 spiro atoms. The Kier molecular flexibility index (Phi) is 8.84.